The van der Waals surface area contributed by atoms with Gasteiger partial charge >= 0.3 is 0 Å². The molecule has 0 spiro atoms. The molecule has 0 bridgehead atoms. The van der Waals surface area contributed by atoms with Gasteiger partial charge in [0, 0.05) is 6.04 Å². The van der Waals surface area contributed by atoms with Crippen LogP contribution in [0.5, 0.6) is 0 Å². The Hall–Kier alpha value is -0.370. The summed E-state index contributed by atoms with van der Waals surface area (Å²) < 4.78 is 0. The lowest BCUT2D eigenvalue weighted by Gasteiger charge is -2.34. The first-order valence-corrected chi connectivity index (χ1v) is 4.72. The molecule has 1 aliphatic rings. The Balaban J connectivity index is 2.22. The van der Waals surface area contributed by atoms with E-state index in [1.807, 2.05) is 6.29 Å². The Kier molecular flexibility index (Phi) is 3.27. The second kappa shape index (κ2) is 4.04. The van der Waals surface area contributed by atoms with Crippen molar-refractivity contribution in [2.24, 2.45) is 5.41 Å². The third-order valence-corrected chi connectivity index (χ3v) is 2.80. The molecule has 0 aromatic heterocycles. The first-order chi connectivity index (χ1) is 5.64. The summed E-state index contributed by atoms with van der Waals surface area (Å²) >= 11 is 0. The van der Waals surface area contributed by atoms with Crippen molar-refractivity contribution >= 4 is 6.29 Å². The van der Waals surface area contributed by atoms with Crippen LogP contribution >= 0.6 is 0 Å². The second-order valence-electron chi connectivity index (χ2n) is 4.46. The summed E-state index contributed by atoms with van der Waals surface area (Å²) in [5.74, 6) is 0. The van der Waals surface area contributed by atoms with Crippen LogP contribution in [0.4, 0.5) is 0 Å². The van der Waals surface area contributed by atoms with Crippen LogP contribution in [-0.4, -0.2) is 18.9 Å². The van der Waals surface area contributed by atoms with Gasteiger partial charge in [-0.15, -0.1) is 0 Å². The van der Waals surface area contributed by atoms with Crippen LogP contribution in [0.25, 0.3) is 0 Å². The van der Waals surface area contributed by atoms with Gasteiger partial charge in [0.2, 0.25) is 6.29 Å². The van der Waals surface area contributed by atoms with Gasteiger partial charge in [-0.05, 0) is 31.1 Å². The van der Waals surface area contributed by atoms with E-state index in [4.69, 9.17) is 0 Å². The zero-order valence-corrected chi connectivity index (χ0v) is 8.02. The number of rotatable bonds is 3. The molecule has 69 valence electrons. The standard InChI is InChI=1S/C10H18NO/c1-10(2)5-3-9(4-6-10)11-7-8-12/h9,11H,3-7H2,1-2H3. The minimum atomic E-state index is 0.394. The first kappa shape index (κ1) is 9.72. The van der Waals surface area contributed by atoms with E-state index in [9.17, 15) is 4.79 Å². The van der Waals surface area contributed by atoms with E-state index in [0.717, 1.165) is 0 Å². The van der Waals surface area contributed by atoms with Gasteiger partial charge in [0.05, 0.1) is 6.54 Å². The van der Waals surface area contributed by atoms with Gasteiger partial charge in [0.25, 0.3) is 0 Å². The summed E-state index contributed by atoms with van der Waals surface area (Å²) in [5, 5.41) is 3.19. The van der Waals surface area contributed by atoms with E-state index >= 15 is 0 Å². The molecule has 0 aromatic carbocycles. The topological polar surface area (TPSA) is 29.1 Å². The monoisotopic (exact) mass is 168 g/mol. The highest BCUT2D eigenvalue weighted by Crippen LogP contribution is 2.34. The van der Waals surface area contributed by atoms with Crippen molar-refractivity contribution in [1.82, 2.24) is 5.32 Å². The third-order valence-electron chi connectivity index (χ3n) is 2.80. The van der Waals surface area contributed by atoms with E-state index < -0.39 is 0 Å². The number of hydrogen-bond donors (Lipinski definition) is 1. The van der Waals surface area contributed by atoms with Gasteiger partial charge in [-0.25, -0.2) is 0 Å². The van der Waals surface area contributed by atoms with E-state index in [1.165, 1.54) is 25.7 Å². The van der Waals surface area contributed by atoms with Gasteiger partial charge in [0.1, 0.15) is 0 Å². The highest BCUT2D eigenvalue weighted by molar-refractivity contribution is 5.52. The lowest BCUT2D eigenvalue weighted by atomic mass is 9.75. The highest BCUT2D eigenvalue weighted by Gasteiger charge is 2.26. The molecule has 1 saturated carbocycles. The summed E-state index contributed by atoms with van der Waals surface area (Å²) in [6, 6.07) is 0.555. The van der Waals surface area contributed by atoms with Crippen molar-refractivity contribution in [3.05, 3.63) is 0 Å². The molecular formula is C10H18NO. The molecule has 1 aliphatic carbocycles. The maximum absolute atomic E-state index is 9.99. The molecule has 0 heterocycles. The average molecular weight is 168 g/mol. The summed E-state index contributed by atoms with van der Waals surface area (Å²) in [7, 11) is 0. The zero-order chi connectivity index (χ0) is 9.03. The fourth-order valence-electron chi connectivity index (χ4n) is 1.79. The minimum absolute atomic E-state index is 0.394. The van der Waals surface area contributed by atoms with Crippen molar-refractivity contribution < 1.29 is 4.79 Å². The molecule has 0 aromatic rings. The SMILES string of the molecule is CC1(C)CCC(NC[C]=O)CC1. The molecule has 0 saturated heterocycles. The van der Waals surface area contributed by atoms with Crippen LogP contribution in [-0.2, 0) is 4.79 Å². The Bertz CT molecular complexity index is 144. The third kappa shape index (κ3) is 2.94. The van der Waals surface area contributed by atoms with Crippen LogP contribution in [0.2, 0.25) is 0 Å². The van der Waals surface area contributed by atoms with E-state index in [1.54, 1.807) is 0 Å². The summed E-state index contributed by atoms with van der Waals surface area (Å²) in [6.07, 6.45) is 6.82. The maximum atomic E-state index is 9.99. The quantitative estimate of drug-likeness (QED) is 0.694. The molecule has 2 nitrogen and oxygen atoms in total. The second-order valence-corrected chi connectivity index (χ2v) is 4.46. The molecule has 1 rings (SSSR count). The average Bonchev–Trinajstić information content (AvgIpc) is 2.03. The van der Waals surface area contributed by atoms with Gasteiger partial charge in [-0.1, -0.05) is 13.8 Å². The van der Waals surface area contributed by atoms with Gasteiger partial charge in [0.15, 0.2) is 0 Å². The predicted octanol–water partition coefficient (Wildman–Crippen LogP) is 1.65. The molecule has 12 heavy (non-hydrogen) atoms. The van der Waals surface area contributed by atoms with E-state index in [2.05, 4.69) is 19.2 Å². The highest BCUT2D eigenvalue weighted by atomic mass is 16.1. The molecule has 1 fully saturated rings. The van der Waals surface area contributed by atoms with Crippen LogP contribution in [0, 0.1) is 5.41 Å². The lowest BCUT2D eigenvalue weighted by Crippen LogP contribution is -2.36. The molecule has 0 aliphatic heterocycles. The van der Waals surface area contributed by atoms with Crippen LogP contribution in [0.1, 0.15) is 39.5 Å². The van der Waals surface area contributed by atoms with E-state index in [0.29, 0.717) is 18.0 Å². The van der Waals surface area contributed by atoms with Crippen molar-refractivity contribution in [2.45, 2.75) is 45.6 Å². The largest absolute Gasteiger partial charge is 0.307 e. The fraction of sp³-hybridized carbons (Fsp3) is 0.900. The van der Waals surface area contributed by atoms with Crippen molar-refractivity contribution in [1.29, 1.82) is 0 Å². The van der Waals surface area contributed by atoms with Gasteiger partial charge in [-0.2, -0.15) is 0 Å². The molecule has 0 amide bonds. The van der Waals surface area contributed by atoms with Crippen LogP contribution < -0.4 is 5.32 Å². The zero-order valence-electron chi connectivity index (χ0n) is 8.02. The summed E-state index contributed by atoms with van der Waals surface area (Å²) in [6.45, 7) is 5.02. The van der Waals surface area contributed by atoms with E-state index in [-0.39, 0.29) is 0 Å². The summed E-state index contributed by atoms with van der Waals surface area (Å²) in [4.78, 5) is 9.99. The molecule has 2 heteroatoms. The van der Waals surface area contributed by atoms with Crippen molar-refractivity contribution in [2.75, 3.05) is 6.54 Å². The summed E-state index contributed by atoms with van der Waals surface area (Å²) in [5.41, 5.74) is 0.517. The predicted molar refractivity (Wildman–Crippen MR) is 49.7 cm³/mol. The Labute approximate surface area is 74.7 Å². The number of carbonyl (C=O) groups excluding carboxylic acids is 1. The van der Waals surface area contributed by atoms with Crippen LogP contribution in [0.15, 0.2) is 0 Å². The Morgan fingerprint density at radius 3 is 2.50 bits per heavy atom. The van der Waals surface area contributed by atoms with Gasteiger partial charge in [-0.3, -0.25) is 4.79 Å². The Morgan fingerprint density at radius 1 is 1.42 bits per heavy atom. The first-order valence-electron chi connectivity index (χ1n) is 4.72. The number of hydrogen-bond acceptors (Lipinski definition) is 2. The number of nitrogens with one attached hydrogen (secondary N) is 1. The maximum Gasteiger partial charge on any atom is 0.213 e. The molecular weight excluding hydrogens is 150 g/mol. The lowest BCUT2D eigenvalue weighted by molar-refractivity contribution is 0.210. The van der Waals surface area contributed by atoms with Crippen molar-refractivity contribution in [3.8, 4) is 0 Å². The smallest absolute Gasteiger partial charge is 0.213 e. The minimum Gasteiger partial charge on any atom is -0.307 e. The molecule has 0 atom stereocenters. The molecule has 1 N–H and O–H groups in total. The fourth-order valence-corrected chi connectivity index (χ4v) is 1.79. The van der Waals surface area contributed by atoms with Crippen LogP contribution in [0.3, 0.4) is 0 Å². The Morgan fingerprint density at radius 2 is 2.00 bits per heavy atom. The normalized spacial score (nSPS) is 23.8. The van der Waals surface area contributed by atoms with Gasteiger partial charge < -0.3 is 5.32 Å². The van der Waals surface area contributed by atoms with Crippen molar-refractivity contribution in [3.63, 3.8) is 0 Å². The molecule has 1 radical (unpaired) electrons. The molecule has 0 unspecified atom stereocenters.